The number of aryl methyl sites for hydroxylation is 1. The second-order valence-electron chi connectivity index (χ2n) is 10.8. The average Bonchev–Trinajstić information content (AvgIpc) is 3.35. The molecule has 4 N–H and O–H groups in total. The topological polar surface area (TPSA) is 153 Å². The Balaban J connectivity index is 1.55. The molecule has 2 aromatic carbocycles. The van der Waals surface area contributed by atoms with Gasteiger partial charge in [0.1, 0.15) is 16.5 Å². The van der Waals surface area contributed by atoms with Gasteiger partial charge in [0.25, 0.3) is 21.7 Å². The summed E-state index contributed by atoms with van der Waals surface area (Å²) in [6.45, 7) is 2.80. The molecule has 3 aromatic rings. The molecule has 12 heteroatoms. The van der Waals surface area contributed by atoms with Gasteiger partial charge in [-0.2, -0.15) is 0 Å². The van der Waals surface area contributed by atoms with Gasteiger partial charge >= 0.3 is 6.03 Å². The van der Waals surface area contributed by atoms with Gasteiger partial charge in [-0.15, -0.1) is 11.8 Å². The van der Waals surface area contributed by atoms with Crippen LogP contribution < -0.4 is 15.8 Å². The normalized spacial score (nSPS) is 13.9. The number of hydrogen-bond acceptors (Lipinski definition) is 7. The third kappa shape index (κ3) is 8.05. The molecule has 0 radical (unpaired) electrons. The van der Waals surface area contributed by atoms with Gasteiger partial charge in [0.15, 0.2) is 0 Å². The molecule has 0 aliphatic heterocycles. The summed E-state index contributed by atoms with van der Waals surface area (Å²) in [6.07, 6.45) is 9.78. The van der Waals surface area contributed by atoms with Crippen LogP contribution in [0.3, 0.4) is 0 Å². The van der Waals surface area contributed by atoms with E-state index in [9.17, 15) is 22.8 Å². The molecule has 230 valence electrons. The predicted octanol–water partition coefficient (Wildman–Crippen LogP) is 4.90. The highest BCUT2D eigenvalue weighted by molar-refractivity contribution is 7.98. The lowest BCUT2D eigenvalue weighted by Crippen LogP contribution is -2.41. The van der Waals surface area contributed by atoms with Crippen LogP contribution in [0.15, 0.2) is 58.5 Å². The van der Waals surface area contributed by atoms with E-state index in [1.807, 2.05) is 12.1 Å². The zero-order chi connectivity index (χ0) is 31.0. The van der Waals surface area contributed by atoms with Crippen molar-refractivity contribution in [2.24, 2.45) is 11.7 Å². The zero-order valence-electron chi connectivity index (χ0n) is 24.6. The lowest BCUT2D eigenvalue weighted by Gasteiger charge is -2.21. The fraction of sp³-hybridized carbons (Fsp3) is 0.419. The highest BCUT2D eigenvalue weighted by Gasteiger charge is 2.26. The Labute approximate surface area is 257 Å². The summed E-state index contributed by atoms with van der Waals surface area (Å²) in [7, 11) is -4.15. The molecule has 1 aliphatic rings. The van der Waals surface area contributed by atoms with E-state index in [1.165, 1.54) is 24.2 Å². The number of aromatic nitrogens is 2. The largest absolute Gasteiger partial charge is 0.363 e. The van der Waals surface area contributed by atoms with Gasteiger partial charge in [-0.05, 0) is 48.6 Å². The number of urea groups is 1. The number of Topliss-reactive ketones (excluding diaryl/α,β-unsaturated/α-hetero) is 1. The van der Waals surface area contributed by atoms with E-state index >= 15 is 0 Å². The van der Waals surface area contributed by atoms with Crippen LogP contribution in [0, 0.1) is 5.92 Å². The lowest BCUT2D eigenvalue weighted by atomic mass is 9.89. The number of benzene rings is 2. The summed E-state index contributed by atoms with van der Waals surface area (Å²) < 4.78 is 30.4. The Morgan fingerprint density at radius 3 is 2.40 bits per heavy atom. The number of nitrogens with one attached hydrogen (secondary N) is 2. The van der Waals surface area contributed by atoms with Crippen LogP contribution in [-0.4, -0.2) is 48.5 Å². The number of hydrogen-bond donors (Lipinski definition) is 3. The molecule has 0 atom stereocenters. The van der Waals surface area contributed by atoms with E-state index in [0.29, 0.717) is 40.9 Å². The van der Waals surface area contributed by atoms with E-state index in [1.54, 1.807) is 41.2 Å². The van der Waals surface area contributed by atoms with E-state index < -0.39 is 27.7 Å². The van der Waals surface area contributed by atoms with Crippen molar-refractivity contribution in [1.82, 2.24) is 19.6 Å². The molecule has 0 saturated heterocycles. The maximum atomic E-state index is 13.3. The van der Waals surface area contributed by atoms with Gasteiger partial charge in [0, 0.05) is 25.1 Å². The summed E-state index contributed by atoms with van der Waals surface area (Å²) in [5.41, 5.74) is 7.45. The molecule has 43 heavy (non-hydrogen) atoms. The number of thioether (sulfide) groups is 1. The molecule has 0 bridgehead atoms. The first-order chi connectivity index (χ1) is 20.6. The van der Waals surface area contributed by atoms with Gasteiger partial charge in [-0.3, -0.25) is 9.59 Å². The van der Waals surface area contributed by atoms with Crippen molar-refractivity contribution >= 4 is 39.5 Å². The van der Waals surface area contributed by atoms with Crippen LogP contribution in [0.25, 0.3) is 11.1 Å². The Hall–Kier alpha value is -3.64. The van der Waals surface area contributed by atoms with E-state index in [4.69, 9.17) is 5.73 Å². The molecule has 3 amide bonds. The van der Waals surface area contributed by atoms with Crippen LogP contribution >= 0.6 is 11.8 Å². The first-order valence-corrected chi connectivity index (χ1v) is 17.3. The maximum Gasteiger partial charge on any atom is 0.328 e. The number of nitrogens with zero attached hydrogens (tertiary/aromatic N) is 2. The Bertz CT molecular complexity index is 1560. The van der Waals surface area contributed by atoms with Crippen molar-refractivity contribution < 1.29 is 22.8 Å². The summed E-state index contributed by atoms with van der Waals surface area (Å²) in [4.78, 5) is 41.7. The summed E-state index contributed by atoms with van der Waals surface area (Å²) in [5.74, 6) is -0.756. The van der Waals surface area contributed by atoms with Crippen LogP contribution in [0.4, 0.5) is 4.79 Å². The van der Waals surface area contributed by atoms with Gasteiger partial charge < -0.3 is 15.6 Å². The molecule has 1 heterocycles. The number of nitrogens with two attached hydrogens (primary N) is 1. The van der Waals surface area contributed by atoms with E-state index in [2.05, 4.69) is 21.9 Å². The lowest BCUT2D eigenvalue weighted by molar-refractivity contribution is -0.114. The summed E-state index contributed by atoms with van der Waals surface area (Å²) in [5, 5.41) is 3.18. The van der Waals surface area contributed by atoms with Crippen LogP contribution in [0.1, 0.15) is 73.7 Å². The molecule has 10 nitrogen and oxygen atoms in total. The fourth-order valence-electron chi connectivity index (χ4n) is 5.40. The maximum absolute atomic E-state index is 13.3. The number of unbranched alkanes of at least 4 members (excludes halogenated alkanes) is 1. The number of carbonyl (C=O) groups excluding carboxylic acids is 3. The highest BCUT2D eigenvalue weighted by atomic mass is 32.2. The SMILES string of the molecule is CCCCc1nc(SC)c(C(=O)C(N)=O)n1Cc1ccc(-c2ccccc2S(=O)(=O)NC(=O)NCC2CCCCC2)cc1. The third-order valence-electron chi connectivity index (χ3n) is 7.69. The Morgan fingerprint density at radius 2 is 1.74 bits per heavy atom. The van der Waals surface area contributed by atoms with Crippen molar-refractivity contribution in [3.63, 3.8) is 0 Å². The summed E-state index contributed by atoms with van der Waals surface area (Å²) >= 11 is 1.29. The van der Waals surface area contributed by atoms with Gasteiger partial charge in [0.2, 0.25) is 0 Å². The molecule has 0 unspecified atom stereocenters. The molecule has 1 aromatic heterocycles. The van der Waals surface area contributed by atoms with Gasteiger partial charge in [-0.25, -0.2) is 22.9 Å². The predicted molar refractivity (Wildman–Crippen MR) is 167 cm³/mol. The number of amides is 3. The third-order valence-corrected chi connectivity index (χ3v) is 9.75. The molecule has 1 fully saturated rings. The number of carbonyl (C=O) groups is 3. The van der Waals surface area contributed by atoms with E-state index in [-0.39, 0.29) is 17.1 Å². The first-order valence-electron chi connectivity index (χ1n) is 14.6. The van der Waals surface area contributed by atoms with Gasteiger partial charge in [-0.1, -0.05) is 75.1 Å². The van der Waals surface area contributed by atoms with Crippen molar-refractivity contribution in [3.8, 4) is 11.1 Å². The minimum absolute atomic E-state index is 0.00835. The van der Waals surface area contributed by atoms with Crippen molar-refractivity contribution in [3.05, 3.63) is 65.6 Å². The molecular formula is C31H39N5O5S2. The second kappa shape index (κ2) is 14.7. The minimum Gasteiger partial charge on any atom is -0.363 e. The molecule has 1 saturated carbocycles. The summed E-state index contributed by atoms with van der Waals surface area (Å²) in [6, 6.07) is 13.0. The number of ketones is 1. The number of sulfonamides is 1. The highest BCUT2D eigenvalue weighted by Crippen LogP contribution is 2.29. The monoisotopic (exact) mass is 625 g/mol. The average molecular weight is 626 g/mol. The van der Waals surface area contributed by atoms with Crippen molar-refractivity contribution in [1.29, 1.82) is 0 Å². The van der Waals surface area contributed by atoms with E-state index in [0.717, 1.165) is 44.1 Å². The smallest absolute Gasteiger partial charge is 0.328 e. The molecule has 1 aliphatic carbocycles. The molecular weight excluding hydrogens is 587 g/mol. The molecule has 0 spiro atoms. The fourth-order valence-corrected chi connectivity index (χ4v) is 7.16. The Kier molecular flexibility index (Phi) is 11.0. The van der Waals surface area contributed by atoms with Crippen molar-refractivity contribution in [2.45, 2.75) is 74.8 Å². The van der Waals surface area contributed by atoms with Crippen LogP contribution in [-0.2, 0) is 27.8 Å². The second-order valence-corrected chi connectivity index (χ2v) is 13.2. The number of imidazole rings is 1. The zero-order valence-corrected chi connectivity index (χ0v) is 26.2. The Morgan fingerprint density at radius 1 is 1.05 bits per heavy atom. The van der Waals surface area contributed by atoms with Crippen molar-refractivity contribution in [2.75, 3.05) is 12.8 Å². The standard InChI is InChI=1S/C31H39N5O5S2/c1-3-4-14-26-34-30(42-2)27(28(37)29(32)38)36(26)20-22-15-17-23(18-16-22)24-12-8-9-13-25(24)43(40,41)35-31(39)33-19-21-10-6-5-7-11-21/h8-9,12-13,15-18,21H,3-7,10-11,14,19-20H2,1-2H3,(H2,32,38)(H2,33,35,39). The number of primary amides is 1. The number of rotatable bonds is 13. The van der Waals surface area contributed by atoms with Gasteiger partial charge in [0.05, 0.1) is 4.90 Å². The van der Waals surface area contributed by atoms with Crippen LogP contribution in [0.2, 0.25) is 0 Å². The minimum atomic E-state index is -4.15. The quantitative estimate of drug-likeness (QED) is 0.139. The van der Waals surface area contributed by atoms with Crippen LogP contribution in [0.5, 0.6) is 0 Å². The molecule has 4 rings (SSSR count). The first kappa shape index (κ1) is 32.3.